The van der Waals surface area contributed by atoms with Crippen LogP contribution in [0, 0.1) is 11.3 Å². The maximum absolute atomic E-state index is 13.5. The van der Waals surface area contributed by atoms with Crippen molar-refractivity contribution in [2.45, 2.75) is 32.0 Å². The molecule has 4 rings (SSSR count). The van der Waals surface area contributed by atoms with Gasteiger partial charge >= 0.3 is 6.18 Å². The maximum atomic E-state index is 13.5. The number of halogens is 3. The minimum atomic E-state index is -4.74. The lowest BCUT2D eigenvalue weighted by atomic mass is 10.0. The highest BCUT2D eigenvalue weighted by Crippen LogP contribution is 2.38. The number of nitrogens with zero attached hydrogens (tertiary/aromatic N) is 4. The minimum Gasteiger partial charge on any atom is -0.494 e. The second kappa shape index (κ2) is 10.2. The van der Waals surface area contributed by atoms with Crippen molar-refractivity contribution in [2.24, 2.45) is 0 Å². The number of nitriles is 1. The molecule has 1 aliphatic heterocycles. The standard InChI is InChI=1S/C27H23F3N4O2S/c1-26(2)24(35)34(21-8-7-20(17-31)23(16-21)27(28,29)30)25(37)33(26)13-4-14-36-22-6-3-5-19(15-22)18-9-11-32-12-10-18/h3,5-12,15-16H,4,13-14H2,1-2H3. The van der Waals surface area contributed by atoms with Crippen molar-refractivity contribution in [3.63, 3.8) is 0 Å². The van der Waals surface area contributed by atoms with E-state index < -0.39 is 28.7 Å². The number of benzene rings is 2. The lowest BCUT2D eigenvalue weighted by Crippen LogP contribution is -2.44. The summed E-state index contributed by atoms with van der Waals surface area (Å²) in [6.07, 6.45) is -0.788. The minimum absolute atomic E-state index is 0.0268. The van der Waals surface area contributed by atoms with Crippen LogP contribution in [-0.4, -0.2) is 39.6 Å². The summed E-state index contributed by atoms with van der Waals surface area (Å²) in [5.41, 5.74) is -0.716. The molecule has 0 atom stereocenters. The first-order chi connectivity index (χ1) is 17.5. The van der Waals surface area contributed by atoms with Gasteiger partial charge in [-0.1, -0.05) is 12.1 Å². The van der Waals surface area contributed by atoms with Gasteiger partial charge in [-0.05, 0) is 86.1 Å². The number of amides is 1. The number of ether oxygens (including phenoxy) is 1. The van der Waals surface area contributed by atoms with Gasteiger partial charge in [-0.3, -0.25) is 14.7 Å². The molecular formula is C27H23F3N4O2S. The van der Waals surface area contributed by atoms with Gasteiger partial charge in [0.1, 0.15) is 11.3 Å². The molecule has 6 nitrogen and oxygen atoms in total. The molecule has 1 saturated heterocycles. The number of hydrogen-bond acceptors (Lipinski definition) is 5. The van der Waals surface area contributed by atoms with Gasteiger partial charge < -0.3 is 9.64 Å². The molecule has 1 fully saturated rings. The van der Waals surface area contributed by atoms with Crippen molar-refractivity contribution in [3.8, 4) is 22.9 Å². The SMILES string of the molecule is CC1(C)C(=O)N(c2ccc(C#N)c(C(F)(F)F)c2)C(=S)N1CCCOc1cccc(-c2ccncc2)c1. The normalized spacial score (nSPS) is 15.1. The zero-order chi connectivity index (χ0) is 26.8. The Hall–Kier alpha value is -3.97. The number of rotatable bonds is 7. The average molecular weight is 525 g/mol. The molecular weight excluding hydrogens is 501 g/mol. The number of carbonyl (C=O) groups is 1. The molecule has 1 amide bonds. The quantitative estimate of drug-likeness (QED) is 0.287. The van der Waals surface area contributed by atoms with Crippen LogP contribution >= 0.6 is 12.2 Å². The van der Waals surface area contributed by atoms with Gasteiger partial charge in [0.25, 0.3) is 5.91 Å². The molecule has 2 heterocycles. The molecule has 0 N–H and O–H groups in total. The molecule has 190 valence electrons. The molecule has 10 heteroatoms. The van der Waals surface area contributed by atoms with Crippen LogP contribution in [0.5, 0.6) is 5.75 Å². The smallest absolute Gasteiger partial charge is 0.417 e. The van der Waals surface area contributed by atoms with E-state index in [0.29, 0.717) is 25.3 Å². The first kappa shape index (κ1) is 26.1. The first-order valence-corrected chi connectivity index (χ1v) is 11.9. The van der Waals surface area contributed by atoms with E-state index in [2.05, 4.69) is 4.98 Å². The molecule has 1 aliphatic rings. The largest absolute Gasteiger partial charge is 0.494 e. The highest BCUT2D eigenvalue weighted by molar-refractivity contribution is 7.80. The van der Waals surface area contributed by atoms with Crippen LogP contribution < -0.4 is 9.64 Å². The molecule has 0 unspecified atom stereocenters. The van der Waals surface area contributed by atoms with Crippen molar-refractivity contribution < 1.29 is 22.7 Å². The molecule has 3 aromatic rings. The van der Waals surface area contributed by atoms with E-state index >= 15 is 0 Å². The van der Waals surface area contributed by atoms with E-state index in [9.17, 15) is 18.0 Å². The van der Waals surface area contributed by atoms with E-state index in [0.717, 1.165) is 28.2 Å². The van der Waals surface area contributed by atoms with Gasteiger partial charge in [-0.15, -0.1) is 0 Å². The molecule has 0 saturated carbocycles. The van der Waals surface area contributed by atoms with E-state index in [1.165, 1.54) is 6.07 Å². The summed E-state index contributed by atoms with van der Waals surface area (Å²) in [5, 5.41) is 9.17. The van der Waals surface area contributed by atoms with E-state index in [-0.39, 0.29) is 10.8 Å². The molecule has 0 aliphatic carbocycles. The number of carbonyl (C=O) groups excluding carboxylic acids is 1. The van der Waals surface area contributed by atoms with Crippen LogP contribution in [0.25, 0.3) is 11.1 Å². The highest BCUT2D eigenvalue weighted by Gasteiger charge is 2.49. The van der Waals surface area contributed by atoms with Crippen LogP contribution in [0.1, 0.15) is 31.4 Å². The van der Waals surface area contributed by atoms with Crippen molar-refractivity contribution in [1.29, 1.82) is 5.26 Å². The topological polar surface area (TPSA) is 69.5 Å². The molecule has 2 aromatic carbocycles. The Morgan fingerprint density at radius 2 is 1.81 bits per heavy atom. The number of alkyl halides is 3. The van der Waals surface area contributed by atoms with Crippen LogP contribution in [-0.2, 0) is 11.0 Å². The third-order valence-electron chi connectivity index (χ3n) is 6.15. The second-order valence-electron chi connectivity index (χ2n) is 8.94. The summed E-state index contributed by atoms with van der Waals surface area (Å²) in [4.78, 5) is 20.0. The molecule has 0 bridgehead atoms. The fraction of sp³-hybridized carbons (Fsp3) is 0.259. The van der Waals surface area contributed by atoms with Crippen LogP contribution in [0.2, 0.25) is 0 Å². The number of hydrogen-bond donors (Lipinski definition) is 0. The summed E-state index contributed by atoms with van der Waals surface area (Å²) in [7, 11) is 0. The van der Waals surface area contributed by atoms with Crippen molar-refractivity contribution in [1.82, 2.24) is 9.88 Å². The van der Waals surface area contributed by atoms with Gasteiger partial charge in [0, 0.05) is 18.9 Å². The summed E-state index contributed by atoms with van der Waals surface area (Å²) < 4.78 is 46.3. The number of thiocarbonyl (C=S) groups is 1. The third kappa shape index (κ3) is 5.27. The number of anilines is 1. The fourth-order valence-electron chi connectivity index (χ4n) is 4.16. The Balaban J connectivity index is 1.45. The molecule has 0 radical (unpaired) electrons. The molecule has 0 spiro atoms. The van der Waals surface area contributed by atoms with Crippen molar-refractivity contribution in [2.75, 3.05) is 18.1 Å². The zero-order valence-electron chi connectivity index (χ0n) is 20.1. The first-order valence-electron chi connectivity index (χ1n) is 11.4. The summed E-state index contributed by atoms with van der Waals surface area (Å²) in [5.74, 6) is 0.244. The Morgan fingerprint density at radius 1 is 1.08 bits per heavy atom. The second-order valence-corrected chi connectivity index (χ2v) is 9.30. The monoisotopic (exact) mass is 524 g/mol. The van der Waals surface area contributed by atoms with Crippen LogP contribution in [0.3, 0.4) is 0 Å². The van der Waals surface area contributed by atoms with Crippen molar-refractivity contribution in [3.05, 3.63) is 78.1 Å². The predicted octanol–water partition coefficient (Wildman–Crippen LogP) is 5.82. The predicted molar refractivity (Wildman–Crippen MR) is 137 cm³/mol. The number of aromatic nitrogens is 1. The maximum Gasteiger partial charge on any atom is 0.417 e. The summed E-state index contributed by atoms with van der Waals surface area (Å²) in [6, 6.07) is 16.2. The highest BCUT2D eigenvalue weighted by atomic mass is 32.1. The molecule has 1 aromatic heterocycles. The van der Waals surface area contributed by atoms with Gasteiger partial charge in [0.2, 0.25) is 0 Å². The Kier molecular flexibility index (Phi) is 7.18. The van der Waals surface area contributed by atoms with Gasteiger partial charge in [0.15, 0.2) is 5.11 Å². The fourth-order valence-corrected chi connectivity index (χ4v) is 4.67. The third-order valence-corrected chi connectivity index (χ3v) is 6.56. The van der Waals surface area contributed by atoms with E-state index in [1.54, 1.807) is 37.2 Å². The van der Waals surface area contributed by atoms with Crippen molar-refractivity contribution >= 4 is 28.9 Å². The van der Waals surface area contributed by atoms with E-state index in [1.807, 2.05) is 36.4 Å². The van der Waals surface area contributed by atoms with E-state index in [4.69, 9.17) is 22.2 Å². The van der Waals surface area contributed by atoms with Crippen LogP contribution in [0.15, 0.2) is 67.0 Å². The number of pyridine rings is 1. The summed E-state index contributed by atoms with van der Waals surface area (Å²) >= 11 is 5.52. The van der Waals surface area contributed by atoms with Gasteiger partial charge in [-0.25, -0.2) is 0 Å². The van der Waals surface area contributed by atoms with Crippen LogP contribution in [0.4, 0.5) is 18.9 Å². The lowest BCUT2D eigenvalue weighted by molar-refractivity contribution is -0.137. The zero-order valence-corrected chi connectivity index (χ0v) is 20.9. The molecule has 37 heavy (non-hydrogen) atoms. The Morgan fingerprint density at radius 3 is 2.49 bits per heavy atom. The Labute approximate surface area is 217 Å². The average Bonchev–Trinajstić information content (AvgIpc) is 3.05. The lowest BCUT2D eigenvalue weighted by Gasteiger charge is -2.29. The Bertz CT molecular complexity index is 1370. The van der Waals surface area contributed by atoms with Gasteiger partial charge in [0.05, 0.1) is 29.5 Å². The summed E-state index contributed by atoms with van der Waals surface area (Å²) in [6.45, 7) is 4.06. The van der Waals surface area contributed by atoms with Gasteiger partial charge in [-0.2, -0.15) is 18.4 Å².